The van der Waals surface area contributed by atoms with Crippen LogP contribution in [0.1, 0.15) is 31.1 Å². The van der Waals surface area contributed by atoms with Crippen molar-refractivity contribution in [2.45, 2.75) is 26.9 Å². The Kier molecular flexibility index (Phi) is 3.66. The molecule has 1 unspecified atom stereocenters. The maximum atomic E-state index is 12.2. The van der Waals surface area contributed by atoms with Gasteiger partial charge < -0.3 is 4.74 Å². The van der Waals surface area contributed by atoms with Crippen LogP contribution in [-0.2, 0) is 4.74 Å². The normalized spacial score (nSPS) is 12.7. The third kappa shape index (κ3) is 2.53. The molecule has 2 nitrogen and oxygen atoms in total. The van der Waals surface area contributed by atoms with Gasteiger partial charge in [0.1, 0.15) is 6.10 Å². The van der Waals surface area contributed by atoms with E-state index in [4.69, 9.17) is 4.74 Å². The first-order chi connectivity index (χ1) is 8.59. The van der Waals surface area contributed by atoms with E-state index in [0.29, 0.717) is 11.5 Å². The molecule has 0 aliphatic rings. The van der Waals surface area contributed by atoms with Crippen LogP contribution >= 0.6 is 0 Å². The monoisotopic (exact) mass is 242 g/mol. The Morgan fingerprint density at radius 2 is 1.67 bits per heavy atom. The molecule has 94 valence electrons. The fourth-order valence-corrected chi connectivity index (χ4v) is 1.77. The van der Waals surface area contributed by atoms with E-state index in [-0.39, 0.29) is 12.1 Å². The Morgan fingerprint density at radius 1 is 1.00 bits per heavy atom. The lowest BCUT2D eigenvalue weighted by atomic mass is 10.0. The molecule has 0 aliphatic carbocycles. The van der Waals surface area contributed by atoms with Crippen molar-refractivity contribution in [3.63, 3.8) is 0 Å². The van der Waals surface area contributed by atoms with Gasteiger partial charge in [0.15, 0.2) is 0 Å². The van der Waals surface area contributed by atoms with Crippen molar-refractivity contribution in [3.05, 3.63) is 48.0 Å². The Labute approximate surface area is 108 Å². The zero-order valence-electron chi connectivity index (χ0n) is 11.0. The van der Waals surface area contributed by atoms with Crippen LogP contribution in [0.15, 0.2) is 42.5 Å². The molecule has 2 aromatic rings. The van der Waals surface area contributed by atoms with Gasteiger partial charge >= 0.3 is 5.97 Å². The summed E-state index contributed by atoms with van der Waals surface area (Å²) in [7, 11) is 0. The van der Waals surface area contributed by atoms with Gasteiger partial charge in [0.25, 0.3) is 0 Å². The predicted octanol–water partition coefficient (Wildman–Crippen LogP) is 4.04. The quantitative estimate of drug-likeness (QED) is 0.759. The topological polar surface area (TPSA) is 26.3 Å². The molecule has 1 atom stereocenters. The van der Waals surface area contributed by atoms with Crippen LogP contribution in [0.4, 0.5) is 0 Å². The molecule has 0 bridgehead atoms. The highest BCUT2D eigenvalue weighted by atomic mass is 16.5. The fourth-order valence-electron chi connectivity index (χ4n) is 1.77. The number of fused-ring (bicyclic) bond motifs is 1. The first-order valence-corrected chi connectivity index (χ1v) is 6.28. The molecule has 0 radical (unpaired) electrons. The van der Waals surface area contributed by atoms with Crippen molar-refractivity contribution < 1.29 is 9.53 Å². The van der Waals surface area contributed by atoms with E-state index >= 15 is 0 Å². The number of rotatable bonds is 3. The van der Waals surface area contributed by atoms with Gasteiger partial charge in [-0.2, -0.15) is 0 Å². The summed E-state index contributed by atoms with van der Waals surface area (Å²) >= 11 is 0. The summed E-state index contributed by atoms with van der Waals surface area (Å²) in [5, 5.41) is 2.00. The van der Waals surface area contributed by atoms with Crippen molar-refractivity contribution in [1.29, 1.82) is 0 Å². The highest BCUT2D eigenvalue weighted by molar-refractivity contribution is 6.04. The highest BCUT2D eigenvalue weighted by Crippen LogP contribution is 2.20. The molecule has 0 saturated carbocycles. The molecular formula is C16H18O2. The van der Waals surface area contributed by atoms with Crippen molar-refractivity contribution in [2.75, 3.05) is 0 Å². The molecule has 0 saturated heterocycles. The van der Waals surface area contributed by atoms with Crippen molar-refractivity contribution in [1.82, 2.24) is 0 Å². The summed E-state index contributed by atoms with van der Waals surface area (Å²) in [6, 6.07) is 13.6. The number of carbonyl (C=O) groups is 1. The fraction of sp³-hybridized carbons (Fsp3) is 0.312. The van der Waals surface area contributed by atoms with E-state index in [1.807, 2.05) is 63.2 Å². The van der Waals surface area contributed by atoms with Gasteiger partial charge in [-0.1, -0.05) is 50.2 Å². The summed E-state index contributed by atoms with van der Waals surface area (Å²) in [6.07, 6.45) is -0.0727. The first-order valence-electron chi connectivity index (χ1n) is 6.28. The maximum Gasteiger partial charge on any atom is 0.339 e. The van der Waals surface area contributed by atoms with Crippen LogP contribution in [0.2, 0.25) is 0 Å². The first kappa shape index (κ1) is 12.6. The van der Waals surface area contributed by atoms with Crippen molar-refractivity contribution in [2.24, 2.45) is 5.92 Å². The van der Waals surface area contributed by atoms with E-state index in [2.05, 4.69) is 0 Å². The maximum absolute atomic E-state index is 12.2. The summed E-state index contributed by atoms with van der Waals surface area (Å²) < 4.78 is 5.47. The highest BCUT2D eigenvalue weighted by Gasteiger charge is 2.16. The third-order valence-corrected chi connectivity index (χ3v) is 3.24. The number of esters is 1. The number of hydrogen-bond donors (Lipinski definition) is 0. The minimum absolute atomic E-state index is 0.0727. The van der Waals surface area contributed by atoms with Gasteiger partial charge in [-0.15, -0.1) is 0 Å². The Balaban J connectivity index is 2.33. The number of ether oxygens (including phenoxy) is 1. The van der Waals surface area contributed by atoms with Gasteiger partial charge in [0.2, 0.25) is 0 Å². The Bertz CT molecular complexity index is 553. The second-order valence-corrected chi connectivity index (χ2v) is 4.88. The van der Waals surface area contributed by atoms with Gasteiger partial charge in [-0.05, 0) is 29.7 Å². The summed E-state index contributed by atoms with van der Waals surface area (Å²) in [4.78, 5) is 12.2. The minimum atomic E-state index is -0.243. The molecule has 2 heteroatoms. The van der Waals surface area contributed by atoms with Gasteiger partial charge in [0, 0.05) is 0 Å². The molecule has 2 rings (SSSR count). The zero-order chi connectivity index (χ0) is 13.1. The number of hydrogen-bond acceptors (Lipinski definition) is 2. The average molecular weight is 242 g/mol. The van der Waals surface area contributed by atoms with Crippen molar-refractivity contribution >= 4 is 16.7 Å². The lowest BCUT2D eigenvalue weighted by molar-refractivity contribution is 0.0240. The molecule has 0 amide bonds. The van der Waals surface area contributed by atoms with E-state index < -0.39 is 0 Å². The molecule has 0 fully saturated rings. The Morgan fingerprint density at radius 3 is 2.39 bits per heavy atom. The number of benzene rings is 2. The van der Waals surface area contributed by atoms with Crippen LogP contribution in [-0.4, -0.2) is 12.1 Å². The second-order valence-electron chi connectivity index (χ2n) is 4.88. The van der Waals surface area contributed by atoms with Crippen LogP contribution in [0.5, 0.6) is 0 Å². The second kappa shape index (κ2) is 5.21. The minimum Gasteiger partial charge on any atom is -0.459 e. The predicted molar refractivity (Wildman–Crippen MR) is 73.7 cm³/mol. The largest absolute Gasteiger partial charge is 0.459 e. The van der Waals surface area contributed by atoms with Crippen molar-refractivity contribution in [3.8, 4) is 0 Å². The average Bonchev–Trinajstić information content (AvgIpc) is 2.37. The van der Waals surface area contributed by atoms with Gasteiger partial charge in [0.05, 0.1) is 5.56 Å². The molecule has 18 heavy (non-hydrogen) atoms. The summed E-state index contributed by atoms with van der Waals surface area (Å²) in [6.45, 7) is 6.01. The van der Waals surface area contributed by atoms with E-state index in [9.17, 15) is 4.79 Å². The molecule has 2 aromatic carbocycles. The standard InChI is InChI=1S/C16H18O2/c1-11(2)12(3)18-16(17)15-10-6-8-13-7-4-5-9-14(13)15/h4-12H,1-3H3. The smallest absolute Gasteiger partial charge is 0.339 e. The molecule has 0 aromatic heterocycles. The molecule has 0 N–H and O–H groups in total. The van der Waals surface area contributed by atoms with Crippen LogP contribution in [0.25, 0.3) is 10.8 Å². The zero-order valence-corrected chi connectivity index (χ0v) is 11.0. The van der Waals surface area contributed by atoms with E-state index in [1.54, 1.807) is 0 Å². The third-order valence-electron chi connectivity index (χ3n) is 3.24. The summed E-state index contributed by atoms with van der Waals surface area (Å²) in [5.74, 6) is 0.0805. The van der Waals surface area contributed by atoms with Gasteiger partial charge in [-0.3, -0.25) is 0 Å². The summed E-state index contributed by atoms with van der Waals surface area (Å²) in [5.41, 5.74) is 0.639. The van der Waals surface area contributed by atoms with E-state index in [1.165, 1.54) is 0 Å². The lowest BCUT2D eigenvalue weighted by Gasteiger charge is -2.17. The lowest BCUT2D eigenvalue weighted by Crippen LogP contribution is -2.20. The number of carbonyl (C=O) groups excluding carboxylic acids is 1. The Hall–Kier alpha value is -1.83. The van der Waals surface area contributed by atoms with E-state index in [0.717, 1.165) is 10.8 Å². The SMILES string of the molecule is CC(C)C(C)OC(=O)c1cccc2ccccc12. The molecule has 0 aliphatic heterocycles. The van der Waals surface area contributed by atoms with Crippen LogP contribution < -0.4 is 0 Å². The molecule has 0 spiro atoms. The van der Waals surface area contributed by atoms with Gasteiger partial charge in [-0.25, -0.2) is 4.79 Å². The van der Waals surface area contributed by atoms with Crippen LogP contribution in [0, 0.1) is 5.92 Å². The van der Waals surface area contributed by atoms with Crippen LogP contribution in [0.3, 0.4) is 0 Å². The molecular weight excluding hydrogens is 224 g/mol. The molecule has 0 heterocycles.